The van der Waals surface area contributed by atoms with Crippen molar-refractivity contribution in [1.29, 1.82) is 0 Å². The van der Waals surface area contributed by atoms with E-state index in [9.17, 15) is 9.36 Å². The van der Waals surface area contributed by atoms with E-state index in [0.29, 0.717) is 0 Å². The highest BCUT2D eigenvalue weighted by Gasteiger charge is 2.12. The molecule has 0 aromatic carbocycles. The Morgan fingerprint density at radius 3 is 2.55 bits per heavy atom. The molecule has 0 amide bonds. The van der Waals surface area contributed by atoms with Gasteiger partial charge in [-0.15, -0.1) is 0 Å². The van der Waals surface area contributed by atoms with Crippen LogP contribution in [-0.2, 0) is 14.1 Å². The molecule has 0 radical (unpaired) electrons. The zero-order chi connectivity index (χ0) is 8.91. The molecule has 0 aliphatic rings. The molecule has 0 aliphatic heterocycles. The van der Waals surface area contributed by atoms with E-state index in [1.807, 2.05) is 0 Å². The highest BCUT2D eigenvalue weighted by molar-refractivity contribution is 7.51. The SMILES string of the molecule is C=CC(=O)OCCP(=O)(O)O. The maximum atomic E-state index is 10.3. The molecule has 0 saturated heterocycles. The summed E-state index contributed by atoms with van der Waals surface area (Å²) in [5.41, 5.74) is 0. The van der Waals surface area contributed by atoms with Gasteiger partial charge in [-0.2, -0.15) is 0 Å². The summed E-state index contributed by atoms with van der Waals surface area (Å²) in [7, 11) is -4.04. The molecule has 0 saturated carbocycles. The highest BCUT2D eigenvalue weighted by Crippen LogP contribution is 2.33. The first-order valence-electron chi connectivity index (χ1n) is 2.79. The molecule has 0 aromatic heterocycles. The lowest BCUT2D eigenvalue weighted by atomic mass is 10.6. The highest BCUT2D eigenvalue weighted by atomic mass is 31.2. The fourth-order valence-electron chi connectivity index (χ4n) is 0.324. The summed E-state index contributed by atoms with van der Waals surface area (Å²) >= 11 is 0. The normalized spacial score (nSPS) is 10.7. The van der Waals surface area contributed by atoms with E-state index in [2.05, 4.69) is 11.3 Å². The van der Waals surface area contributed by atoms with Crippen molar-refractivity contribution in [3.63, 3.8) is 0 Å². The second-order valence-corrected chi connectivity index (χ2v) is 3.54. The number of hydrogen-bond donors (Lipinski definition) is 2. The molecule has 0 aromatic rings. The second kappa shape index (κ2) is 4.28. The Labute approximate surface area is 63.8 Å². The van der Waals surface area contributed by atoms with E-state index in [4.69, 9.17) is 9.79 Å². The Bertz CT molecular complexity index is 193. The molecule has 0 fully saturated rings. The second-order valence-electron chi connectivity index (χ2n) is 1.76. The van der Waals surface area contributed by atoms with Crippen molar-refractivity contribution < 1.29 is 23.9 Å². The Morgan fingerprint density at radius 1 is 1.64 bits per heavy atom. The van der Waals surface area contributed by atoms with E-state index in [1.54, 1.807) is 0 Å². The monoisotopic (exact) mass is 180 g/mol. The average molecular weight is 180 g/mol. The Kier molecular flexibility index (Phi) is 4.03. The maximum absolute atomic E-state index is 10.3. The lowest BCUT2D eigenvalue weighted by molar-refractivity contribution is -0.137. The zero-order valence-electron chi connectivity index (χ0n) is 5.77. The smallest absolute Gasteiger partial charge is 0.330 e. The first kappa shape index (κ1) is 10.4. The van der Waals surface area contributed by atoms with E-state index < -0.39 is 19.7 Å². The lowest BCUT2D eigenvalue weighted by Crippen LogP contribution is -2.05. The zero-order valence-corrected chi connectivity index (χ0v) is 6.66. The van der Waals surface area contributed by atoms with Crippen LogP contribution in [0.3, 0.4) is 0 Å². The van der Waals surface area contributed by atoms with Crippen LogP contribution in [0.1, 0.15) is 0 Å². The lowest BCUT2D eigenvalue weighted by Gasteiger charge is -2.02. The quantitative estimate of drug-likeness (QED) is 0.358. The summed E-state index contributed by atoms with van der Waals surface area (Å²) in [6, 6.07) is 0. The third-order valence-corrected chi connectivity index (χ3v) is 1.56. The molecule has 0 spiro atoms. The molecule has 6 heteroatoms. The largest absolute Gasteiger partial charge is 0.462 e. The van der Waals surface area contributed by atoms with Crippen molar-refractivity contribution in [2.24, 2.45) is 0 Å². The van der Waals surface area contributed by atoms with Crippen molar-refractivity contribution in [2.45, 2.75) is 0 Å². The number of esters is 1. The van der Waals surface area contributed by atoms with Gasteiger partial charge in [-0.3, -0.25) is 4.57 Å². The predicted molar refractivity (Wildman–Crippen MR) is 38.1 cm³/mol. The average Bonchev–Trinajstić information content (AvgIpc) is 1.85. The minimum atomic E-state index is -4.04. The number of ether oxygens (including phenoxy) is 1. The van der Waals surface area contributed by atoms with Crippen LogP contribution < -0.4 is 0 Å². The minimum absolute atomic E-state index is 0.283. The van der Waals surface area contributed by atoms with Crippen LogP contribution in [0.5, 0.6) is 0 Å². The molecule has 0 atom stereocenters. The van der Waals surface area contributed by atoms with Crippen LogP contribution in [0.15, 0.2) is 12.7 Å². The molecule has 0 heterocycles. The van der Waals surface area contributed by atoms with Gasteiger partial charge in [0.05, 0.1) is 6.16 Å². The molecular weight excluding hydrogens is 171 g/mol. The molecule has 0 rings (SSSR count). The molecule has 5 nitrogen and oxygen atoms in total. The van der Waals surface area contributed by atoms with Crippen molar-refractivity contribution in [1.82, 2.24) is 0 Å². The van der Waals surface area contributed by atoms with Crippen molar-refractivity contribution in [3.05, 3.63) is 12.7 Å². The summed E-state index contributed by atoms with van der Waals surface area (Å²) in [6.45, 7) is 2.82. The van der Waals surface area contributed by atoms with Gasteiger partial charge in [-0.25, -0.2) is 4.79 Å². The summed E-state index contributed by atoms with van der Waals surface area (Å²) < 4.78 is 14.5. The summed E-state index contributed by atoms with van der Waals surface area (Å²) in [4.78, 5) is 26.9. The molecule has 0 aliphatic carbocycles. The molecule has 64 valence electrons. The van der Waals surface area contributed by atoms with Gasteiger partial charge in [0.1, 0.15) is 6.61 Å². The van der Waals surface area contributed by atoms with Crippen LogP contribution in [0.25, 0.3) is 0 Å². The van der Waals surface area contributed by atoms with E-state index >= 15 is 0 Å². The Morgan fingerprint density at radius 2 is 2.18 bits per heavy atom. The van der Waals surface area contributed by atoms with Crippen molar-refractivity contribution in [2.75, 3.05) is 12.8 Å². The van der Waals surface area contributed by atoms with Crippen LogP contribution in [-0.4, -0.2) is 28.5 Å². The van der Waals surface area contributed by atoms with Gasteiger partial charge >= 0.3 is 13.6 Å². The molecular formula is C5H9O5P. The fraction of sp³-hybridized carbons (Fsp3) is 0.400. The van der Waals surface area contributed by atoms with Gasteiger partial charge in [-0.1, -0.05) is 6.58 Å². The molecule has 0 unspecified atom stereocenters. The Hall–Kier alpha value is -0.640. The standard InChI is InChI=1S/C5H9O5P/c1-2-5(6)10-3-4-11(7,8)9/h2H,1,3-4H2,(H2,7,8,9). The molecule has 2 N–H and O–H groups in total. The third-order valence-electron chi connectivity index (χ3n) is 0.794. The van der Waals surface area contributed by atoms with E-state index in [-0.39, 0.29) is 6.61 Å². The minimum Gasteiger partial charge on any atom is -0.462 e. The first-order valence-corrected chi connectivity index (χ1v) is 4.59. The number of rotatable bonds is 4. The van der Waals surface area contributed by atoms with Crippen LogP contribution in [0, 0.1) is 0 Å². The number of carbonyl (C=O) groups is 1. The third kappa shape index (κ3) is 7.25. The summed E-state index contributed by atoms with van der Waals surface area (Å²) in [5, 5.41) is 0. The molecule has 11 heavy (non-hydrogen) atoms. The maximum Gasteiger partial charge on any atom is 0.330 e. The van der Waals surface area contributed by atoms with Crippen molar-refractivity contribution in [3.8, 4) is 0 Å². The van der Waals surface area contributed by atoms with Crippen LogP contribution in [0.4, 0.5) is 0 Å². The number of hydrogen-bond acceptors (Lipinski definition) is 3. The number of carbonyl (C=O) groups excluding carboxylic acids is 1. The van der Waals surface area contributed by atoms with Gasteiger partial charge in [-0.05, 0) is 0 Å². The summed E-state index contributed by atoms with van der Waals surface area (Å²) in [6.07, 6.45) is 0.478. The fourth-order valence-corrected chi connectivity index (χ4v) is 0.653. The topological polar surface area (TPSA) is 83.8 Å². The first-order chi connectivity index (χ1) is 4.95. The summed E-state index contributed by atoms with van der Waals surface area (Å²) in [5.74, 6) is -0.682. The van der Waals surface area contributed by atoms with E-state index in [1.165, 1.54) is 0 Å². The van der Waals surface area contributed by atoms with E-state index in [0.717, 1.165) is 6.08 Å². The van der Waals surface area contributed by atoms with Gasteiger partial charge < -0.3 is 14.5 Å². The van der Waals surface area contributed by atoms with Gasteiger partial charge in [0.2, 0.25) is 0 Å². The van der Waals surface area contributed by atoms with Crippen molar-refractivity contribution >= 4 is 13.6 Å². The van der Waals surface area contributed by atoms with Gasteiger partial charge in [0, 0.05) is 6.08 Å². The van der Waals surface area contributed by atoms with Crippen LogP contribution in [0.2, 0.25) is 0 Å². The van der Waals surface area contributed by atoms with Gasteiger partial charge in [0.15, 0.2) is 0 Å². The Balaban J connectivity index is 3.51. The molecule has 0 bridgehead atoms. The van der Waals surface area contributed by atoms with Crippen LogP contribution >= 0.6 is 7.60 Å². The van der Waals surface area contributed by atoms with Gasteiger partial charge in [0.25, 0.3) is 0 Å². The predicted octanol–water partition coefficient (Wildman–Crippen LogP) is -0.107.